The first-order valence-electron chi connectivity index (χ1n) is 19.7. The van der Waals surface area contributed by atoms with E-state index < -0.39 is 0 Å². The second-order valence-electron chi connectivity index (χ2n) is 16.6. The summed E-state index contributed by atoms with van der Waals surface area (Å²) in [4.78, 5) is 10.7. The first-order valence-corrected chi connectivity index (χ1v) is 19.7. The van der Waals surface area contributed by atoms with Gasteiger partial charge in [-0.1, -0.05) is 173 Å². The summed E-state index contributed by atoms with van der Waals surface area (Å²) in [5.74, 6) is 0.725. The average molecular weight is 717 g/mol. The molecule has 1 heterocycles. The van der Waals surface area contributed by atoms with E-state index in [9.17, 15) is 0 Å². The maximum Gasteiger partial charge on any atom is 0.161 e. The summed E-state index contributed by atoms with van der Waals surface area (Å²) in [6, 6.07) is 62.0. The largest absolute Gasteiger partial charge is 0.228 e. The molecule has 8 aromatic carbocycles. The predicted molar refractivity (Wildman–Crippen MR) is 234 cm³/mol. The highest BCUT2D eigenvalue weighted by Gasteiger charge is 2.37. The molecule has 0 unspecified atom stereocenters. The summed E-state index contributed by atoms with van der Waals surface area (Å²) in [6.45, 7) is 9.39. The lowest BCUT2D eigenvalue weighted by molar-refractivity contribution is 0.660. The molecule has 2 aliphatic carbocycles. The van der Waals surface area contributed by atoms with Gasteiger partial charge in [-0.25, -0.2) is 9.97 Å². The van der Waals surface area contributed by atoms with Gasteiger partial charge in [-0.15, -0.1) is 0 Å². The lowest BCUT2D eigenvalue weighted by Gasteiger charge is -2.22. The highest BCUT2D eigenvalue weighted by molar-refractivity contribution is 6.06. The van der Waals surface area contributed by atoms with Gasteiger partial charge in [0, 0.05) is 27.5 Å². The molecule has 0 N–H and O–H groups in total. The van der Waals surface area contributed by atoms with E-state index in [-0.39, 0.29) is 10.8 Å². The fourth-order valence-corrected chi connectivity index (χ4v) is 9.77. The maximum absolute atomic E-state index is 5.37. The van der Waals surface area contributed by atoms with E-state index in [1.54, 1.807) is 0 Å². The lowest BCUT2D eigenvalue weighted by Crippen LogP contribution is -2.15. The standard InChI is InChI=1S/C54H40N2/c1-53(2)45-21-13-12-20-41(45)44-30-36(24-28-46(44)53)50-32-49(34-15-6-5-7-16-34)55-52(56-50)42-27-26-37(39-18-10-11-19-40(39)42)35-22-25-43-48(31-35)54(3,4)47-29-23-33-14-8-9-17-38(33)51(43)47/h5-32H,1-4H3. The van der Waals surface area contributed by atoms with E-state index in [0.29, 0.717) is 0 Å². The van der Waals surface area contributed by atoms with Crippen molar-refractivity contribution in [2.75, 3.05) is 0 Å². The number of aromatic nitrogens is 2. The average Bonchev–Trinajstić information content (AvgIpc) is 3.62. The van der Waals surface area contributed by atoms with Gasteiger partial charge in [0.15, 0.2) is 5.82 Å². The van der Waals surface area contributed by atoms with Crippen molar-refractivity contribution >= 4 is 21.5 Å². The SMILES string of the molecule is CC1(C)c2ccccc2-c2cc(-c3cc(-c4ccccc4)nc(-c4ccc(-c5ccc6c(c5)C(C)(C)c5ccc7ccccc7c5-6)c5ccccc45)n3)ccc21. The number of nitrogens with zero attached hydrogens (tertiary/aromatic N) is 2. The Labute approximate surface area is 328 Å². The van der Waals surface area contributed by atoms with Gasteiger partial charge < -0.3 is 0 Å². The first-order chi connectivity index (χ1) is 27.3. The van der Waals surface area contributed by atoms with Crippen LogP contribution in [-0.2, 0) is 10.8 Å². The van der Waals surface area contributed by atoms with Crippen molar-refractivity contribution in [2.45, 2.75) is 38.5 Å². The maximum atomic E-state index is 5.37. The minimum Gasteiger partial charge on any atom is -0.228 e. The summed E-state index contributed by atoms with van der Waals surface area (Å²) in [6.07, 6.45) is 0. The zero-order valence-corrected chi connectivity index (χ0v) is 32.1. The van der Waals surface area contributed by atoms with Crippen LogP contribution in [0.2, 0.25) is 0 Å². The zero-order valence-electron chi connectivity index (χ0n) is 32.1. The Morgan fingerprint density at radius 2 is 0.929 bits per heavy atom. The van der Waals surface area contributed by atoms with Gasteiger partial charge >= 0.3 is 0 Å². The second-order valence-corrected chi connectivity index (χ2v) is 16.6. The smallest absolute Gasteiger partial charge is 0.161 e. The van der Waals surface area contributed by atoms with Crippen LogP contribution in [0.1, 0.15) is 49.9 Å². The minimum atomic E-state index is -0.113. The topological polar surface area (TPSA) is 25.8 Å². The summed E-state index contributed by atoms with van der Waals surface area (Å²) in [5.41, 5.74) is 18.1. The molecule has 2 nitrogen and oxygen atoms in total. The molecule has 56 heavy (non-hydrogen) atoms. The van der Waals surface area contributed by atoms with E-state index in [4.69, 9.17) is 9.97 Å². The molecule has 0 saturated carbocycles. The van der Waals surface area contributed by atoms with Gasteiger partial charge in [-0.05, 0) is 101 Å². The van der Waals surface area contributed by atoms with E-state index >= 15 is 0 Å². The van der Waals surface area contributed by atoms with Crippen LogP contribution >= 0.6 is 0 Å². The molecule has 0 radical (unpaired) electrons. The summed E-state index contributed by atoms with van der Waals surface area (Å²) in [7, 11) is 0. The Morgan fingerprint density at radius 1 is 0.339 bits per heavy atom. The quantitative estimate of drug-likeness (QED) is 0.181. The van der Waals surface area contributed by atoms with Crippen LogP contribution in [0.4, 0.5) is 0 Å². The Morgan fingerprint density at radius 3 is 1.75 bits per heavy atom. The van der Waals surface area contributed by atoms with Crippen LogP contribution in [0.5, 0.6) is 0 Å². The highest BCUT2D eigenvalue weighted by Crippen LogP contribution is 2.53. The minimum absolute atomic E-state index is 0.0515. The molecule has 0 atom stereocenters. The molecular weight excluding hydrogens is 677 g/mol. The molecule has 2 aliphatic rings. The number of hydrogen-bond acceptors (Lipinski definition) is 2. The van der Waals surface area contributed by atoms with Crippen LogP contribution < -0.4 is 0 Å². The van der Waals surface area contributed by atoms with Crippen molar-refractivity contribution < 1.29 is 0 Å². The van der Waals surface area contributed by atoms with Crippen molar-refractivity contribution in [3.05, 3.63) is 192 Å². The summed E-state index contributed by atoms with van der Waals surface area (Å²) < 4.78 is 0. The third-order valence-corrected chi connectivity index (χ3v) is 12.7. The van der Waals surface area contributed by atoms with Gasteiger partial charge in [-0.3, -0.25) is 0 Å². The monoisotopic (exact) mass is 716 g/mol. The zero-order chi connectivity index (χ0) is 37.8. The van der Waals surface area contributed by atoms with Crippen molar-refractivity contribution in [1.82, 2.24) is 9.97 Å². The Hall–Kier alpha value is -6.64. The fraction of sp³-hybridized carbons (Fsp3) is 0.111. The first kappa shape index (κ1) is 32.8. The normalized spacial score (nSPS) is 14.4. The Bertz CT molecular complexity index is 3080. The van der Waals surface area contributed by atoms with Gasteiger partial charge in [0.05, 0.1) is 11.4 Å². The van der Waals surface area contributed by atoms with Crippen LogP contribution in [0, 0.1) is 0 Å². The molecule has 11 rings (SSSR count). The number of benzene rings is 8. The van der Waals surface area contributed by atoms with E-state index in [1.165, 1.54) is 71.8 Å². The van der Waals surface area contributed by atoms with E-state index in [1.807, 2.05) is 0 Å². The van der Waals surface area contributed by atoms with Gasteiger partial charge in [0.25, 0.3) is 0 Å². The fourth-order valence-electron chi connectivity index (χ4n) is 9.77. The van der Waals surface area contributed by atoms with Gasteiger partial charge in [0.2, 0.25) is 0 Å². The van der Waals surface area contributed by atoms with Crippen LogP contribution in [0.25, 0.3) is 88.8 Å². The molecular formula is C54H40N2. The number of hydrogen-bond donors (Lipinski definition) is 0. The van der Waals surface area contributed by atoms with Gasteiger partial charge in [-0.2, -0.15) is 0 Å². The predicted octanol–water partition coefficient (Wildman–Crippen LogP) is 14.1. The molecule has 0 bridgehead atoms. The van der Waals surface area contributed by atoms with Crippen LogP contribution in [-0.4, -0.2) is 9.97 Å². The van der Waals surface area contributed by atoms with Crippen molar-refractivity contribution in [2.24, 2.45) is 0 Å². The third-order valence-electron chi connectivity index (χ3n) is 12.7. The molecule has 0 aliphatic heterocycles. The second kappa shape index (κ2) is 11.9. The summed E-state index contributed by atoms with van der Waals surface area (Å²) in [5, 5.41) is 4.94. The molecule has 266 valence electrons. The van der Waals surface area contributed by atoms with Crippen molar-refractivity contribution in [3.63, 3.8) is 0 Å². The molecule has 0 amide bonds. The van der Waals surface area contributed by atoms with Crippen molar-refractivity contribution in [1.29, 1.82) is 0 Å². The molecule has 2 heteroatoms. The third kappa shape index (κ3) is 4.75. The highest BCUT2D eigenvalue weighted by atomic mass is 14.9. The Kier molecular flexibility index (Phi) is 6.98. The molecule has 0 fully saturated rings. The lowest BCUT2D eigenvalue weighted by atomic mass is 9.81. The van der Waals surface area contributed by atoms with Crippen LogP contribution in [0.15, 0.2) is 170 Å². The number of fused-ring (bicyclic) bond motifs is 9. The molecule has 9 aromatic rings. The van der Waals surface area contributed by atoms with Crippen molar-refractivity contribution in [3.8, 4) is 67.3 Å². The van der Waals surface area contributed by atoms with Gasteiger partial charge in [0.1, 0.15) is 0 Å². The molecule has 0 saturated heterocycles. The van der Waals surface area contributed by atoms with Crippen LogP contribution in [0.3, 0.4) is 0 Å². The molecule has 0 spiro atoms. The number of rotatable bonds is 4. The summed E-state index contributed by atoms with van der Waals surface area (Å²) >= 11 is 0. The van der Waals surface area contributed by atoms with E-state index in [2.05, 4.69) is 198 Å². The van der Waals surface area contributed by atoms with E-state index in [0.717, 1.165) is 39.3 Å². The molecule has 1 aromatic heterocycles. The Balaban J connectivity index is 1.07.